The van der Waals surface area contributed by atoms with E-state index < -0.39 is 0 Å². The largest absolute Gasteiger partial charge is 0.365 e. The Kier molecular flexibility index (Phi) is 63.4. The van der Waals surface area contributed by atoms with Gasteiger partial charge in [-0.15, -0.1) is 0 Å². The lowest BCUT2D eigenvalue weighted by molar-refractivity contribution is 0.397. The minimum atomic E-state index is 0. The molecule has 0 saturated carbocycles. The molecule has 0 spiro atoms. The molecule has 0 N–H and O–H groups in total. The van der Waals surface area contributed by atoms with Crippen LogP contribution in [-0.4, -0.2) is 20.1 Å². The van der Waals surface area contributed by atoms with Crippen molar-refractivity contribution in [2.45, 2.75) is 85.1 Å². The number of aryl methyl sites for hydroxylation is 3. The second kappa shape index (κ2) is 39.6. The van der Waals surface area contributed by atoms with E-state index in [1.54, 1.807) is 35.5 Å². The minimum Gasteiger partial charge on any atom is -0.365 e. The highest BCUT2D eigenvalue weighted by molar-refractivity contribution is 4.89. The molecule has 0 aliphatic rings. The summed E-state index contributed by atoms with van der Waals surface area (Å²) in [6.45, 7) is 15.7. The fourth-order valence-corrected chi connectivity index (χ4v) is 0.897. The molecule has 3 aromatic heterocycles. The predicted octanol–water partition coefficient (Wildman–Crippen LogP) is 8.01. The molecule has 0 unspecified atom stereocenters. The Hall–Kier alpha value is -2.37. The first-order valence-corrected chi connectivity index (χ1v) is 8.36. The maximum atomic E-state index is 4.58. The van der Waals surface area contributed by atoms with E-state index in [1.165, 1.54) is 0 Å². The molecule has 0 fully saturated rings. The van der Waals surface area contributed by atoms with Crippen LogP contribution in [0.3, 0.4) is 0 Å². The monoisotopic (exact) mass is 402 g/mol. The van der Waals surface area contributed by atoms with Crippen LogP contribution >= 0.6 is 0 Å². The van der Waals surface area contributed by atoms with Crippen molar-refractivity contribution in [3.05, 3.63) is 54.5 Å². The van der Waals surface area contributed by atoms with Crippen molar-refractivity contribution in [2.75, 3.05) is 0 Å². The fourth-order valence-electron chi connectivity index (χ4n) is 0.897. The van der Waals surface area contributed by atoms with Crippen molar-refractivity contribution < 1.29 is 9.05 Å². The Labute approximate surface area is 176 Å². The molecule has 0 aliphatic carbocycles. The molecule has 0 aliphatic heterocycles. The van der Waals surface area contributed by atoms with E-state index in [-0.39, 0.29) is 29.7 Å². The Morgan fingerprint density at radius 1 is 0.821 bits per heavy atom. The van der Waals surface area contributed by atoms with Gasteiger partial charge in [-0.3, -0.25) is 4.68 Å². The topological polar surface area (TPSA) is 69.9 Å². The van der Waals surface area contributed by atoms with Crippen LogP contribution in [0.4, 0.5) is 0 Å². The van der Waals surface area contributed by atoms with Crippen LogP contribution in [0, 0.1) is 13.8 Å². The van der Waals surface area contributed by atoms with Crippen LogP contribution < -0.4 is 0 Å². The van der Waals surface area contributed by atoms with Crippen molar-refractivity contribution in [2.24, 2.45) is 7.05 Å². The highest BCUT2D eigenvalue weighted by atomic mass is 16.5. The smallest absolute Gasteiger partial charge is 0.133 e. The summed E-state index contributed by atoms with van der Waals surface area (Å²) in [6.07, 6.45) is 6.81. The third-order valence-electron chi connectivity index (χ3n) is 1.77. The lowest BCUT2D eigenvalue weighted by atomic mass is 10.5. The van der Waals surface area contributed by atoms with E-state index in [4.69, 9.17) is 0 Å². The van der Waals surface area contributed by atoms with Crippen molar-refractivity contribution in [1.29, 1.82) is 0 Å². The van der Waals surface area contributed by atoms with Gasteiger partial charge in [-0.05, 0) is 19.9 Å². The summed E-state index contributed by atoms with van der Waals surface area (Å²) in [5, 5.41) is 10.8. The lowest BCUT2D eigenvalue weighted by Gasteiger charge is -1.77. The Morgan fingerprint density at radius 3 is 1.46 bits per heavy atom. The second-order valence-corrected chi connectivity index (χ2v) is 3.44. The maximum Gasteiger partial charge on any atom is 0.133 e. The van der Waals surface area contributed by atoms with Crippen molar-refractivity contribution in [3.63, 3.8) is 0 Å². The summed E-state index contributed by atoms with van der Waals surface area (Å²) in [7, 11) is 1.89. The quantitative estimate of drug-likeness (QED) is 0.381. The number of hydrogen-bond acceptors (Lipinski definition) is 5. The van der Waals surface area contributed by atoms with Crippen molar-refractivity contribution >= 4 is 0 Å². The van der Waals surface area contributed by atoms with Gasteiger partial charge in [0.25, 0.3) is 0 Å². The standard InChI is InChI=1S/C4H6N2.2C4H5NO.3C2H6.4CH4/c1-6-4-2-3-5-6;1-4-2-3-6-5-4;1-4-2-3-5-6-4;3*1-2;;;;/h2-4H,1H3;2*2-3H,1H3;3*1-2H3;4*1H4. The first kappa shape index (κ1) is 44.8. The molecule has 0 aromatic carbocycles. The van der Waals surface area contributed by atoms with Crippen molar-refractivity contribution in [1.82, 2.24) is 20.1 Å². The lowest BCUT2D eigenvalue weighted by Crippen LogP contribution is -1.83. The van der Waals surface area contributed by atoms with Gasteiger partial charge in [0.05, 0.1) is 11.9 Å². The van der Waals surface area contributed by atoms with Crippen LogP contribution in [0.1, 0.15) is 82.7 Å². The van der Waals surface area contributed by atoms with E-state index in [0.717, 1.165) is 11.5 Å². The number of aromatic nitrogens is 4. The molecule has 6 heteroatoms. The first-order chi connectivity index (χ1) is 11.7. The van der Waals surface area contributed by atoms with Gasteiger partial charge in [0.1, 0.15) is 12.0 Å². The van der Waals surface area contributed by atoms with Gasteiger partial charge >= 0.3 is 0 Å². The maximum absolute atomic E-state index is 4.58. The molecule has 0 atom stereocenters. The van der Waals surface area contributed by atoms with Crippen LogP contribution in [0.2, 0.25) is 0 Å². The third-order valence-corrected chi connectivity index (χ3v) is 1.77. The zero-order valence-electron chi connectivity index (χ0n) is 16.6. The molecular weight excluding hydrogens is 352 g/mol. The third kappa shape index (κ3) is 34.9. The Bertz CT molecular complexity index is 414. The van der Waals surface area contributed by atoms with E-state index in [2.05, 4.69) is 24.5 Å². The normalized spacial score (nSPS) is 6.32. The van der Waals surface area contributed by atoms with Gasteiger partial charge < -0.3 is 9.05 Å². The molecule has 3 aromatic rings. The van der Waals surface area contributed by atoms with E-state index >= 15 is 0 Å². The van der Waals surface area contributed by atoms with E-state index in [9.17, 15) is 0 Å². The minimum absolute atomic E-state index is 0. The first-order valence-electron chi connectivity index (χ1n) is 8.36. The van der Waals surface area contributed by atoms with E-state index in [0.29, 0.717) is 0 Å². The summed E-state index contributed by atoms with van der Waals surface area (Å²) in [5.41, 5.74) is 0.926. The van der Waals surface area contributed by atoms with Crippen LogP contribution in [0.25, 0.3) is 0 Å². The molecule has 0 bridgehead atoms. The van der Waals surface area contributed by atoms with Crippen molar-refractivity contribution in [3.8, 4) is 0 Å². The van der Waals surface area contributed by atoms with Crippen LogP contribution in [0.5, 0.6) is 0 Å². The van der Waals surface area contributed by atoms with E-state index in [1.807, 2.05) is 74.7 Å². The van der Waals surface area contributed by atoms with Gasteiger partial charge in [-0.1, -0.05) is 81.6 Å². The summed E-state index contributed by atoms with van der Waals surface area (Å²) in [4.78, 5) is 0. The Balaban J connectivity index is -0.0000000392. The van der Waals surface area contributed by atoms with Crippen LogP contribution in [-0.2, 0) is 7.05 Å². The second-order valence-electron chi connectivity index (χ2n) is 3.44. The fraction of sp³-hybridized carbons (Fsp3) is 0.591. The molecule has 0 radical (unpaired) electrons. The number of nitrogens with zero attached hydrogens (tertiary/aromatic N) is 4. The molecule has 28 heavy (non-hydrogen) atoms. The number of hydrogen-bond donors (Lipinski definition) is 0. The van der Waals surface area contributed by atoms with Gasteiger partial charge in [0.15, 0.2) is 0 Å². The molecule has 3 rings (SSSR count). The van der Waals surface area contributed by atoms with Gasteiger partial charge in [-0.25, -0.2) is 0 Å². The SMILES string of the molecule is C.C.C.C.CC.CC.CC.Cc1ccno1.Cc1ccon1.Cn1cccn1. The van der Waals surface area contributed by atoms with Crippen LogP contribution in [0.15, 0.2) is 52.1 Å². The molecule has 6 nitrogen and oxygen atoms in total. The zero-order valence-corrected chi connectivity index (χ0v) is 16.6. The molecule has 170 valence electrons. The number of rotatable bonds is 0. The average Bonchev–Trinajstić information content (AvgIpc) is 3.40. The zero-order chi connectivity index (χ0) is 19.2. The molecular formula is C22H50N4O2. The molecule has 0 saturated heterocycles. The van der Waals surface area contributed by atoms with Gasteiger partial charge in [0.2, 0.25) is 0 Å². The summed E-state index contributed by atoms with van der Waals surface area (Å²) in [6, 6.07) is 5.50. The highest BCUT2D eigenvalue weighted by Gasteiger charge is 1.78. The summed E-state index contributed by atoms with van der Waals surface area (Å²) in [5.74, 6) is 0.856. The highest BCUT2D eigenvalue weighted by Crippen LogP contribution is 1.88. The Morgan fingerprint density at radius 2 is 1.36 bits per heavy atom. The average molecular weight is 403 g/mol. The predicted molar refractivity (Wildman–Crippen MR) is 127 cm³/mol. The summed E-state index contributed by atoms with van der Waals surface area (Å²) >= 11 is 0. The molecule has 3 heterocycles. The van der Waals surface area contributed by atoms with Gasteiger partial charge in [-0.2, -0.15) is 5.10 Å². The molecule has 0 amide bonds. The van der Waals surface area contributed by atoms with Gasteiger partial charge in [0, 0.05) is 31.6 Å². The summed E-state index contributed by atoms with van der Waals surface area (Å²) < 4.78 is 10.8.